The molecular weight excluding hydrogens is 394 g/mol. The van der Waals surface area contributed by atoms with E-state index in [0.29, 0.717) is 45.8 Å². The Morgan fingerprint density at radius 1 is 0.871 bits per heavy atom. The summed E-state index contributed by atoms with van der Waals surface area (Å²) in [6, 6.07) is 13.7. The summed E-state index contributed by atoms with van der Waals surface area (Å²) in [5, 5.41) is 0. The van der Waals surface area contributed by atoms with E-state index in [1.807, 2.05) is 49.4 Å². The maximum Gasteiger partial charge on any atom is 0.312 e. The van der Waals surface area contributed by atoms with Crippen molar-refractivity contribution in [3.63, 3.8) is 0 Å². The van der Waals surface area contributed by atoms with Gasteiger partial charge in [-0.05, 0) is 24.6 Å². The number of hydrogen-bond acceptors (Lipinski definition) is 5. The zero-order chi connectivity index (χ0) is 21.8. The summed E-state index contributed by atoms with van der Waals surface area (Å²) in [6.45, 7) is 5.70. The van der Waals surface area contributed by atoms with Gasteiger partial charge in [-0.3, -0.25) is 14.4 Å². The van der Waals surface area contributed by atoms with Crippen LogP contribution in [0, 0.1) is 6.92 Å². The molecule has 4 rings (SSSR count). The second kappa shape index (κ2) is 9.16. The van der Waals surface area contributed by atoms with Crippen molar-refractivity contribution in [2.75, 3.05) is 50.7 Å². The minimum atomic E-state index is -0.598. The van der Waals surface area contributed by atoms with E-state index in [1.165, 1.54) is 4.90 Å². The average molecular weight is 422 g/mol. The molecule has 0 unspecified atom stereocenters. The van der Waals surface area contributed by atoms with E-state index >= 15 is 0 Å². The Labute approximate surface area is 182 Å². The zero-order valence-electron chi connectivity index (χ0n) is 17.7. The van der Waals surface area contributed by atoms with Gasteiger partial charge in [-0.25, -0.2) is 4.98 Å². The lowest BCUT2D eigenvalue weighted by molar-refractivity contribution is -0.158. The smallest absolute Gasteiger partial charge is 0.312 e. The van der Waals surface area contributed by atoms with Crippen molar-refractivity contribution in [2.24, 2.45) is 0 Å². The van der Waals surface area contributed by atoms with Crippen LogP contribution in [0.4, 0.5) is 5.82 Å². The van der Waals surface area contributed by atoms with Crippen molar-refractivity contribution in [1.29, 1.82) is 0 Å². The van der Waals surface area contributed by atoms with Gasteiger partial charge in [0.15, 0.2) is 0 Å². The molecule has 0 aliphatic carbocycles. The maximum atomic E-state index is 12.7. The van der Waals surface area contributed by atoms with Gasteiger partial charge in [-0.15, -0.1) is 0 Å². The summed E-state index contributed by atoms with van der Waals surface area (Å²) in [7, 11) is 0. The van der Waals surface area contributed by atoms with E-state index in [4.69, 9.17) is 0 Å². The second-order valence-corrected chi connectivity index (χ2v) is 7.99. The van der Waals surface area contributed by atoms with Gasteiger partial charge >= 0.3 is 11.8 Å². The van der Waals surface area contributed by atoms with Gasteiger partial charge in [0.25, 0.3) is 0 Å². The number of anilines is 1. The number of nitrogens with zero attached hydrogens (tertiary/aromatic N) is 5. The van der Waals surface area contributed by atoms with Gasteiger partial charge in [-0.1, -0.05) is 35.9 Å². The Bertz CT molecular complexity index is 939. The van der Waals surface area contributed by atoms with Gasteiger partial charge in [0.05, 0.1) is 0 Å². The van der Waals surface area contributed by atoms with Crippen LogP contribution < -0.4 is 4.90 Å². The largest absolute Gasteiger partial charge is 0.353 e. The molecule has 2 aliphatic rings. The van der Waals surface area contributed by atoms with Gasteiger partial charge in [0, 0.05) is 52.0 Å². The molecule has 1 aromatic heterocycles. The summed E-state index contributed by atoms with van der Waals surface area (Å²) in [6.07, 6.45) is 1.76. The molecular formula is C23H27N5O3. The van der Waals surface area contributed by atoms with Crippen molar-refractivity contribution in [3.05, 3.63) is 59.8 Å². The van der Waals surface area contributed by atoms with Crippen molar-refractivity contribution < 1.29 is 14.4 Å². The first-order valence-electron chi connectivity index (χ1n) is 10.6. The highest BCUT2D eigenvalue weighted by Crippen LogP contribution is 2.14. The molecule has 3 amide bonds. The number of rotatable bonds is 5. The fraction of sp³-hybridized carbons (Fsp3) is 0.391. The number of pyridine rings is 1. The Morgan fingerprint density at radius 3 is 2.23 bits per heavy atom. The highest BCUT2D eigenvalue weighted by atomic mass is 16.2. The lowest BCUT2D eigenvalue weighted by Crippen LogP contribution is -2.57. The number of piperazine rings is 2. The molecule has 162 valence electrons. The number of carbonyl (C=O) groups is 3. The summed E-state index contributed by atoms with van der Waals surface area (Å²) in [5.74, 6) is -0.354. The molecule has 0 spiro atoms. The van der Waals surface area contributed by atoms with Crippen LogP contribution in [-0.2, 0) is 20.9 Å². The van der Waals surface area contributed by atoms with E-state index in [-0.39, 0.29) is 12.5 Å². The fourth-order valence-corrected chi connectivity index (χ4v) is 3.92. The molecule has 0 atom stereocenters. The van der Waals surface area contributed by atoms with E-state index in [0.717, 1.165) is 16.9 Å². The molecule has 0 N–H and O–H groups in total. The molecule has 2 aromatic rings. The predicted octanol–water partition coefficient (Wildman–Crippen LogP) is 0.910. The lowest BCUT2D eigenvalue weighted by Gasteiger charge is -2.38. The van der Waals surface area contributed by atoms with Crippen LogP contribution in [0.25, 0.3) is 0 Å². The Kier molecular flexibility index (Phi) is 6.16. The number of aromatic nitrogens is 1. The summed E-state index contributed by atoms with van der Waals surface area (Å²) >= 11 is 0. The molecule has 0 saturated carbocycles. The van der Waals surface area contributed by atoms with Crippen LogP contribution in [0.2, 0.25) is 0 Å². The van der Waals surface area contributed by atoms with Crippen LogP contribution in [0.1, 0.15) is 11.1 Å². The summed E-state index contributed by atoms with van der Waals surface area (Å²) in [5.41, 5.74) is 2.14. The molecule has 2 fully saturated rings. The molecule has 8 nitrogen and oxygen atoms in total. The van der Waals surface area contributed by atoms with Crippen LogP contribution in [0.15, 0.2) is 48.7 Å². The fourth-order valence-electron chi connectivity index (χ4n) is 3.92. The van der Waals surface area contributed by atoms with E-state index in [9.17, 15) is 14.4 Å². The lowest BCUT2D eigenvalue weighted by atomic mass is 10.1. The quantitative estimate of drug-likeness (QED) is 0.671. The van der Waals surface area contributed by atoms with Crippen molar-refractivity contribution in [1.82, 2.24) is 19.7 Å². The van der Waals surface area contributed by atoms with Crippen LogP contribution >= 0.6 is 0 Å². The second-order valence-electron chi connectivity index (χ2n) is 7.99. The van der Waals surface area contributed by atoms with Gasteiger partial charge in [0.2, 0.25) is 5.91 Å². The number of aryl methyl sites for hydroxylation is 1. The minimum Gasteiger partial charge on any atom is -0.353 e. The van der Waals surface area contributed by atoms with Gasteiger partial charge < -0.3 is 19.6 Å². The third-order valence-electron chi connectivity index (χ3n) is 5.82. The number of carbonyl (C=O) groups excluding carboxylic acids is 3. The molecule has 0 bridgehead atoms. The molecule has 8 heteroatoms. The number of hydrogen-bond donors (Lipinski definition) is 0. The highest BCUT2D eigenvalue weighted by molar-refractivity contribution is 6.35. The first-order chi connectivity index (χ1) is 15.0. The van der Waals surface area contributed by atoms with Crippen LogP contribution in [0.3, 0.4) is 0 Å². The van der Waals surface area contributed by atoms with Crippen molar-refractivity contribution in [3.8, 4) is 0 Å². The first-order valence-corrected chi connectivity index (χ1v) is 10.6. The standard InChI is InChI=1S/C23H27N5O3/c1-18-5-7-19(8-6-18)16-27-14-15-28(23(31)22(27)30)17-21(29)26-12-10-25(11-13-26)20-4-2-3-9-24-20/h2-9H,10-17H2,1H3. The average Bonchev–Trinajstić information content (AvgIpc) is 2.81. The normalized spacial score (nSPS) is 17.3. The van der Waals surface area contributed by atoms with Crippen LogP contribution in [-0.4, -0.2) is 83.2 Å². The van der Waals surface area contributed by atoms with Crippen LogP contribution in [0.5, 0.6) is 0 Å². The first kappa shape index (κ1) is 20.8. The SMILES string of the molecule is Cc1ccc(CN2CCN(CC(=O)N3CCN(c4ccccn4)CC3)C(=O)C2=O)cc1. The molecule has 3 heterocycles. The minimum absolute atomic E-state index is 0.0491. The van der Waals surface area contributed by atoms with Crippen molar-refractivity contribution in [2.45, 2.75) is 13.5 Å². The van der Waals surface area contributed by atoms with Crippen molar-refractivity contribution >= 4 is 23.5 Å². The van der Waals surface area contributed by atoms with E-state index in [2.05, 4.69) is 9.88 Å². The maximum absolute atomic E-state index is 12.7. The van der Waals surface area contributed by atoms with E-state index < -0.39 is 11.8 Å². The Morgan fingerprint density at radius 2 is 1.55 bits per heavy atom. The van der Waals surface area contributed by atoms with Gasteiger partial charge in [-0.2, -0.15) is 0 Å². The molecule has 2 aliphatic heterocycles. The molecule has 31 heavy (non-hydrogen) atoms. The zero-order valence-corrected chi connectivity index (χ0v) is 17.7. The number of benzene rings is 1. The summed E-state index contributed by atoms with van der Waals surface area (Å²) < 4.78 is 0. The molecule has 0 radical (unpaired) electrons. The van der Waals surface area contributed by atoms with Gasteiger partial charge in [0.1, 0.15) is 12.4 Å². The van der Waals surface area contributed by atoms with E-state index in [1.54, 1.807) is 16.0 Å². The molecule has 2 saturated heterocycles. The topological polar surface area (TPSA) is 77.1 Å². The predicted molar refractivity (Wildman–Crippen MR) is 116 cm³/mol. The Balaban J connectivity index is 1.28. The highest BCUT2D eigenvalue weighted by Gasteiger charge is 2.34. The number of amides is 3. The third kappa shape index (κ3) is 4.84. The molecule has 1 aromatic carbocycles. The summed E-state index contributed by atoms with van der Waals surface area (Å²) in [4.78, 5) is 49.1. The monoisotopic (exact) mass is 421 g/mol. The third-order valence-corrected chi connectivity index (χ3v) is 5.82. The Hall–Kier alpha value is -3.42.